The molecular weight excluding hydrogens is 226 g/mol. The first-order chi connectivity index (χ1) is 8.72. The summed E-state index contributed by atoms with van der Waals surface area (Å²) in [6, 6.07) is 7.51. The summed E-state index contributed by atoms with van der Waals surface area (Å²) in [5.74, 6) is 0.380. The Labute approximate surface area is 110 Å². The highest BCUT2D eigenvalue weighted by Crippen LogP contribution is 2.18. The fraction of sp³-hybridized carbons (Fsp3) is 0.533. The zero-order chi connectivity index (χ0) is 13.4. The van der Waals surface area contributed by atoms with Crippen LogP contribution in [0.1, 0.15) is 44.0 Å². The van der Waals surface area contributed by atoms with Gasteiger partial charge in [0, 0.05) is 12.2 Å². The molecule has 100 valence electrons. The summed E-state index contributed by atoms with van der Waals surface area (Å²) in [4.78, 5) is 11.8. The van der Waals surface area contributed by atoms with Crippen molar-refractivity contribution in [2.45, 2.75) is 33.6 Å². The number of esters is 1. The molecule has 0 radical (unpaired) electrons. The highest BCUT2D eigenvalue weighted by Gasteiger charge is 2.12. The van der Waals surface area contributed by atoms with Gasteiger partial charge in [-0.1, -0.05) is 38.8 Å². The lowest BCUT2D eigenvalue weighted by Crippen LogP contribution is -2.15. The zero-order valence-corrected chi connectivity index (χ0v) is 11.5. The second-order valence-electron chi connectivity index (χ2n) is 4.33. The SMILES string of the molecule is CCOC(=O)c1ccccc1NCC(CC)CC. The van der Waals surface area contributed by atoms with Gasteiger partial charge >= 0.3 is 5.97 Å². The minimum atomic E-state index is -0.259. The molecule has 0 unspecified atom stereocenters. The number of carbonyl (C=O) groups excluding carboxylic acids is 1. The van der Waals surface area contributed by atoms with Crippen LogP contribution in [0.3, 0.4) is 0 Å². The maximum absolute atomic E-state index is 11.8. The number of anilines is 1. The number of benzene rings is 1. The van der Waals surface area contributed by atoms with Crippen LogP contribution >= 0.6 is 0 Å². The van der Waals surface area contributed by atoms with E-state index in [9.17, 15) is 4.79 Å². The van der Waals surface area contributed by atoms with Crippen molar-refractivity contribution in [3.05, 3.63) is 29.8 Å². The molecule has 1 aromatic carbocycles. The lowest BCUT2D eigenvalue weighted by molar-refractivity contribution is 0.0527. The fourth-order valence-electron chi connectivity index (χ4n) is 1.86. The Bertz CT molecular complexity index is 373. The molecule has 0 saturated heterocycles. The minimum absolute atomic E-state index is 0.259. The normalized spacial score (nSPS) is 10.4. The largest absolute Gasteiger partial charge is 0.462 e. The topological polar surface area (TPSA) is 38.3 Å². The number of ether oxygens (including phenoxy) is 1. The van der Waals surface area contributed by atoms with E-state index in [2.05, 4.69) is 19.2 Å². The second-order valence-corrected chi connectivity index (χ2v) is 4.33. The van der Waals surface area contributed by atoms with Gasteiger partial charge in [0.1, 0.15) is 0 Å². The van der Waals surface area contributed by atoms with Gasteiger partial charge in [-0.3, -0.25) is 0 Å². The predicted octanol–water partition coefficient (Wildman–Crippen LogP) is 3.71. The van der Waals surface area contributed by atoms with E-state index in [1.807, 2.05) is 25.1 Å². The molecule has 0 aliphatic heterocycles. The Hall–Kier alpha value is -1.51. The van der Waals surface area contributed by atoms with E-state index in [0.29, 0.717) is 18.1 Å². The van der Waals surface area contributed by atoms with Crippen LogP contribution in [0.15, 0.2) is 24.3 Å². The molecule has 0 aromatic heterocycles. The van der Waals surface area contributed by atoms with E-state index in [-0.39, 0.29) is 5.97 Å². The Morgan fingerprint density at radius 3 is 2.50 bits per heavy atom. The van der Waals surface area contributed by atoms with E-state index in [4.69, 9.17) is 4.74 Å². The third-order valence-corrected chi connectivity index (χ3v) is 3.16. The molecule has 1 N–H and O–H groups in total. The van der Waals surface area contributed by atoms with Gasteiger partial charge in [-0.05, 0) is 25.0 Å². The third-order valence-electron chi connectivity index (χ3n) is 3.16. The van der Waals surface area contributed by atoms with E-state index >= 15 is 0 Å². The highest BCUT2D eigenvalue weighted by atomic mass is 16.5. The van der Waals surface area contributed by atoms with Gasteiger partial charge in [-0.2, -0.15) is 0 Å². The van der Waals surface area contributed by atoms with E-state index in [0.717, 1.165) is 25.1 Å². The standard InChI is InChI=1S/C15H23NO2/c1-4-12(5-2)11-16-14-10-8-7-9-13(14)15(17)18-6-3/h7-10,12,16H,4-6,11H2,1-3H3. The highest BCUT2D eigenvalue weighted by molar-refractivity contribution is 5.95. The first-order valence-corrected chi connectivity index (χ1v) is 6.72. The molecule has 0 aliphatic carbocycles. The van der Waals surface area contributed by atoms with Crippen molar-refractivity contribution in [2.75, 3.05) is 18.5 Å². The number of hydrogen-bond acceptors (Lipinski definition) is 3. The number of rotatable bonds is 7. The average molecular weight is 249 g/mol. The molecule has 0 amide bonds. The quantitative estimate of drug-likeness (QED) is 0.749. The molecule has 0 aliphatic rings. The Balaban J connectivity index is 2.73. The van der Waals surface area contributed by atoms with Crippen LogP contribution in [0.5, 0.6) is 0 Å². The number of carbonyl (C=O) groups is 1. The van der Waals surface area contributed by atoms with Gasteiger partial charge in [0.05, 0.1) is 12.2 Å². The van der Waals surface area contributed by atoms with Crippen molar-refractivity contribution >= 4 is 11.7 Å². The summed E-state index contributed by atoms with van der Waals surface area (Å²) in [6.07, 6.45) is 2.29. The summed E-state index contributed by atoms with van der Waals surface area (Å²) < 4.78 is 5.05. The van der Waals surface area contributed by atoms with Crippen molar-refractivity contribution in [3.8, 4) is 0 Å². The zero-order valence-electron chi connectivity index (χ0n) is 11.5. The molecular formula is C15H23NO2. The molecule has 0 spiro atoms. The summed E-state index contributed by atoms with van der Waals surface area (Å²) in [6.45, 7) is 7.49. The molecule has 0 fully saturated rings. The Kier molecular flexibility index (Phi) is 6.26. The molecule has 3 heteroatoms. The summed E-state index contributed by atoms with van der Waals surface area (Å²) >= 11 is 0. The number of hydrogen-bond donors (Lipinski definition) is 1. The summed E-state index contributed by atoms with van der Waals surface area (Å²) in [7, 11) is 0. The maximum atomic E-state index is 11.8. The molecule has 18 heavy (non-hydrogen) atoms. The average Bonchev–Trinajstić information content (AvgIpc) is 2.40. The minimum Gasteiger partial charge on any atom is -0.462 e. The summed E-state index contributed by atoms with van der Waals surface area (Å²) in [5, 5.41) is 3.35. The lowest BCUT2D eigenvalue weighted by atomic mass is 10.0. The maximum Gasteiger partial charge on any atom is 0.340 e. The summed E-state index contributed by atoms with van der Waals surface area (Å²) in [5.41, 5.74) is 1.48. The smallest absolute Gasteiger partial charge is 0.340 e. The second kappa shape index (κ2) is 7.75. The third kappa shape index (κ3) is 4.06. The van der Waals surface area contributed by atoms with Gasteiger partial charge in [-0.15, -0.1) is 0 Å². The van der Waals surface area contributed by atoms with Crippen LogP contribution < -0.4 is 5.32 Å². The van der Waals surface area contributed by atoms with Gasteiger partial charge in [0.15, 0.2) is 0 Å². The van der Waals surface area contributed by atoms with Crippen molar-refractivity contribution in [2.24, 2.45) is 5.92 Å². The number of para-hydroxylation sites is 1. The van der Waals surface area contributed by atoms with Gasteiger partial charge in [0.25, 0.3) is 0 Å². The molecule has 1 rings (SSSR count). The monoisotopic (exact) mass is 249 g/mol. The Morgan fingerprint density at radius 1 is 1.22 bits per heavy atom. The van der Waals surface area contributed by atoms with Crippen LogP contribution in [0.4, 0.5) is 5.69 Å². The molecule has 0 heterocycles. The van der Waals surface area contributed by atoms with Gasteiger partial charge in [-0.25, -0.2) is 4.79 Å². The van der Waals surface area contributed by atoms with E-state index < -0.39 is 0 Å². The predicted molar refractivity (Wildman–Crippen MR) is 75.0 cm³/mol. The van der Waals surface area contributed by atoms with Gasteiger partial charge < -0.3 is 10.1 Å². The van der Waals surface area contributed by atoms with Crippen LogP contribution in [0.2, 0.25) is 0 Å². The van der Waals surface area contributed by atoms with Gasteiger partial charge in [0.2, 0.25) is 0 Å². The molecule has 0 saturated carbocycles. The van der Waals surface area contributed by atoms with Crippen molar-refractivity contribution in [1.29, 1.82) is 0 Å². The van der Waals surface area contributed by atoms with Crippen molar-refractivity contribution < 1.29 is 9.53 Å². The van der Waals surface area contributed by atoms with Crippen LogP contribution in [0.25, 0.3) is 0 Å². The van der Waals surface area contributed by atoms with Crippen LogP contribution in [-0.2, 0) is 4.74 Å². The lowest BCUT2D eigenvalue weighted by Gasteiger charge is -2.16. The molecule has 0 atom stereocenters. The fourth-order valence-corrected chi connectivity index (χ4v) is 1.86. The van der Waals surface area contributed by atoms with Crippen molar-refractivity contribution in [1.82, 2.24) is 0 Å². The first kappa shape index (κ1) is 14.6. The van der Waals surface area contributed by atoms with Crippen molar-refractivity contribution in [3.63, 3.8) is 0 Å². The Morgan fingerprint density at radius 2 is 1.89 bits per heavy atom. The molecule has 1 aromatic rings. The van der Waals surface area contributed by atoms with Crippen LogP contribution in [-0.4, -0.2) is 19.1 Å². The molecule has 3 nitrogen and oxygen atoms in total. The molecule has 0 bridgehead atoms. The number of nitrogens with one attached hydrogen (secondary N) is 1. The first-order valence-electron chi connectivity index (χ1n) is 6.72. The van der Waals surface area contributed by atoms with E-state index in [1.54, 1.807) is 6.07 Å². The van der Waals surface area contributed by atoms with E-state index in [1.165, 1.54) is 0 Å². The van der Waals surface area contributed by atoms with Crippen LogP contribution in [0, 0.1) is 5.92 Å².